The molecule has 1 aromatic rings. The molecule has 1 aromatic carbocycles. The molecule has 5 heteroatoms. The molecular formula is C17H28FN3O. The minimum Gasteiger partial charge on any atom is -0.380 e. The van der Waals surface area contributed by atoms with Crippen molar-refractivity contribution in [2.45, 2.75) is 26.8 Å². The van der Waals surface area contributed by atoms with Gasteiger partial charge in [0.05, 0.1) is 6.61 Å². The molecule has 0 aliphatic rings. The standard InChI is InChI=1S/C17H28FN3O/c1-14(2)8-10-22-11-9-20-17(19-3)21(4)13-15-6-5-7-16(18)12-15/h5-7,12,14H,8-11,13H2,1-4H3,(H,19,20). The van der Waals surface area contributed by atoms with E-state index in [1.807, 2.05) is 18.0 Å². The molecule has 0 spiro atoms. The van der Waals surface area contributed by atoms with Crippen LogP contribution in [-0.2, 0) is 11.3 Å². The van der Waals surface area contributed by atoms with Crippen LogP contribution in [0.4, 0.5) is 4.39 Å². The SMILES string of the molecule is CN=C(NCCOCCC(C)C)N(C)Cc1cccc(F)c1. The monoisotopic (exact) mass is 309 g/mol. The van der Waals surface area contributed by atoms with E-state index < -0.39 is 0 Å². The Morgan fingerprint density at radius 1 is 1.36 bits per heavy atom. The quantitative estimate of drug-likeness (QED) is 0.456. The molecule has 0 unspecified atom stereocenters. The molecule has 1 rings (SSSR count). The first-order valence-electron chi connectivity index (χ1n) is 7.77. The Morgan fingerprint density at radius 3 is 2.77 bits per heavy atom. The van der Waals surface area contributed by atoms with Crippen LogP contribution in [0.1, 0.15) is 25.8 Å². The lowest BCUT2D eigenvalue weighted by atomic mass is 10.1. The Balaban J connectivity index is 2.31. The number of nitrogens with one attached hydrogen (secondary N) is 1. The Bertz CT molecular complexity index is 463. The summed E-state index contributed by atoms with van der Waals surface area (Å²) >= 11 is 0. The summed E-state index contributed by atoms with van der Waals surface area (Å²) in [5.41, 5.74) is 0.915. The molecule has 22 heavy (non-hydrogen) atoms. The highest BCUT2D eigenvalue weighted by Gasteiger charge is 2.06. The predicted molar refractivity (Wildman–Crippen MR) is 89.5 cm³/mol. The van der Waals surface area contributed by atoms with E-state index in [0.717, 1.165) is 24.6 Å². The normalized spacial score (nSPS) is 11.8. The van der Waals surface area contributed by atoms with Crippen LogP contribution in [0.5, 0.6) is 0 Å². The first-order valence-corrected chi connectivity index (χ1v) is 7.77. The Labute approximate surface area is 133 Å². The van der Waals surface area contributed by atoms with Gasteiger partial charge in [-0.15, -0.1) is 0 Å². The molecule has 0 amide bonds. The molecule has 0 fully saturated rings. The second-order valence-corrected chi connectivity index (χ2v) is 5.75. The van der Waals surface area contributed by atoms with Gasteiger partial charge in [0.25, 0.3) is 0 Å². The van der Waals surface area contributed by atoms with E-state index in [4.69, 9.17) is 4.74 Å². The molecule has 0 saturated carbocycles. The van der Waals surface area contributed by atoms with Crippen molar-refractivity contribution >= 4 is 5.96 Å². The largest absolute Gasteiger partial charge is 0.380 e. The Kier molecular flexibility index (Phi) is 8.51. The highest BCUT2D eigenvalue weighted by Crippen LogP contribution is 2.06. The van der Waals surface area contributed by atoms with Gasteiger partial charge in [-0.25, -0.2) is 4.39 Å². The molecule has 124 valence electrons. The lowest BCUT2D eigenvalue weighted by Crippen LogP contribution is -2.40. The zero-order valence-electron chi connectivity index (χ0n) is 14.1. The minimum absolute atomic E-state index is 0.215. The number of guanidine groups is 1. The number of halogens is 1. The van der Waals surface area contributed by atoms with Crippen molar-refractivity contribution in [2.24, 2.45) is 10.9 Å². The fraction of sp³-hybridized carbons (Fsp3) is 0.588. The first-order chi connectivity index (χ1) is 10.5. The van der Waals surface area contributed by atoms with Gasteiger partial charge in [0.1, 0.15) is 5.82 Å². The minimum atomic E-state index is -0.215. The first kappa shape index (κ1) is 18.4. The van der Waals surface area contributed by atoms with E-state index in [9.17, 15) is 4.39 Å². The number of nitrogens with zero attached hydrogens (tertiary/aromatic N) is 2. The lowest BCUT2D eigenvalue weighted by Gasteiger charge is -2.22. The smallest absolute Gasteiger partial charge is 0.193 e. The van der Waals surface area contributed by atoms with Crippen molar-refractivity contribution in [1.82, 2.24) is 10.2 Å². The van der Waals surface area contributed by atoms with Gasteiger partial charge in [-0.05, 0) is 30.0 Å². The summed E-state index contributed by atoms with van der Waals surface area (Å²) in [4.78, 5) is 6.20. The number of hydrogen-bond acceptors (Lipinski definition) is 2. The number of rotatable bonds is 8. The molecule has 1 N–H and O–H groups in total. The van der Waals surface area contributed by atoms with Gasteiger partial charge >= 0.3 is 0 Å². The van der Waals surface area contributed by atoms with Crippen molar-refractivity contribution in [3.05, 3.63) is 35.6 Å². The summed E-state index contributed by atoms with van der Waals surface area (Å²) in [5.74, 6) is 1.22. The number of benzene rings is 1. The second kappa shape index (κ2) is 10.2. The van der Waals surface area contributed by atoms with Crippen LogP contribution in [-0.4, -0.2) is 44.7 Å². The molecule has 0 atom stereocenters. The third-order valence-electron chi connectivity index (χ3n) is 3.25. The third-order valence-corrected chi connectivity index (χ3v) is 3.25. The topological polar surface area (TPSA) is 36.9 Å². The van der Waals surface area contributed by atoms with E-state index in [-0.39, 0.29) is 5.82 Å². The molecule has 0 aromatic heterocycles. The average molecular weight is 309 g/mol. The van der Waals surface area contributed by atoms with E-state index in [1.54, 1.807) is 19.2 Å². The van der Waals surface area contributed by atoms with Gasteiger partial charge in [0.15, 0.2) is 5.96 Å². The summed E-state index contributed by atoms with van der Waals surface area (Å²) in [7, 11) is 3.67. The summed E-state index contributed by atoms with van der Waals surface area (Å²) in [5, 5.41) is 3.25. The lowest BCUT2D eigenvalue weighted by molar-refractivity contribution is 0.127. The zero-order valence-corrected chi connectivity index (χ0v) is 14.1. The maximum atomic E-state index is 13.2. The average Bonchev–Trinajstić information content (AvgIpc) is 2.46. The molecule has 0 heterocycles. The molecule has 0 radical (unpaired) electrons. The number of hydrogen-bond donors (Lipinski definition) is 1. The summed E-state index contributed by atoms with van der Waals surface area (Å²) in [6.45, 7) is 7.12. The molecule has 0 saturated heterocycles. The fourth-order valence-corrected chi connectivity index (χ4v) is 2.02. The Morgan fingerprint density at radius 2 is 2.14 bits per heavy atom. The van der Waals surface area contributed by atoms with Crippen LogP contribution in [0, 0.1) is 11.7 Å². The predicted octanol–water partition coefficient (Wildman–Crippen LogP) is 2.90. The molecule has 0 aliphatic carbocycles. The van der Waals surface area contributed by atoms with Crippen LogP contribution < -0.4 is 5.32 Å². The fourth-order valence-electron chi connectivity index (χ4n) is 2.02. The van der Waals surface area contributed by atoms with E-state index >= 15 is 0 Å². The molecule has 4 nitrogen and oxygen atoms in total. The number of aliphatic imine (C=N–C) groups is 1. The Hall–Kier alpha value is -1.62. The molecular weight excluding hydrogens is 281 g/mol. The second-order valence-electron chi connectivity index (χ2n) is 5.75. The molecule has 0 aliphatic heterocycles. The van der Waals surface area contributed by atoms with Crippen molar-refractivity contribution in [2.75, 3.05) is 33.9 Å². The van der Waals surface area contributed by atoms with Crippen LogP contribution in [0.2, 0.25) is 0 Å². The van der Waals surface area contributed by atoms with E-state index in [0.29, 0.717) is 25.6 Å². The van der Waals surface area contributed by atoms with E-state index in [1.165, 1.54) is 6.07 Å². The van der Waals surface area contributed by atoms with Crippen LogP contribution in [0.3, 0.4) is 0 Å². The highest BCUT2D eigenvalue weighted by atomic mass is 19.1. The summed E-state index contributed by atoms with van der Waals surface area (Å²) in [6, 6.07) is 6.61. The van der Waals surface area contributed by atoms with Crippen LogP contribution in [0.25, 0.3) is 0 Å². The summed E-state index contributed by atoms with van der Waals surface area (Å²) in [6.07, 6.45) is 1.08. The van der Waals surface area contributed by atoms with Crippen molar-refractivity contribution in [3.63, 3.8) is 0 Å². The third kappa shape index (κ3) is 7.41. The van der Waals surface area contributed by atoms with Crippen molar-refractivity contribution in [1.29, 1.82) is 0 Å². The van der Waals surface area contributed by atoms with E-state index in [2.05, 4.69) is 24.2 Å². The van der Waals surface area contributed by atoms with Crippen molar-refractivity contribution < 1.29 is 9.13 Å². The maximum absolute atomic E-state index is 13.2. The van der Waals surface area contributed by atoms with Gasteiger partial charge in [-0.1, -0.05) is 26.0 Å². The van der Waals surface area contributed by atoms with Crippen molar-refractivity contribution in [3.8, 4) is 0 Å². The van der Waals surface area contributed by atoms with Crippen LogP contribution >= 0.6 is 0 Å². The van der Waals surface area contributed by atoms with Crippen LogP contribution in [0.15, 0.2) is 29.3 Å². The highest BCUT2D eigenvalue weighted by molar-refractivity contribution is 5.79. The van der Waals surface area contributed by atoms with Gasteiger partial charge in [-0.3, -0.25) is 4.99 Å². The van der Waals surface area contributed by atoms with Gasteiger partial charge in [0, 0.05) is 33.8 Å². The number of ether oxygens (including phenoxy) is 1. The maximum Gasteiger partial charge on any atom is 0.193 e. The summed E-state index contributed by atoms with van der Waals surface area (Å²) < 4.78 is 18.8. The molecule has 0 bridgehead atoms. The van der Waals surface area contributed by atoms with Gasteiger partial charge in [0.2, 0.25) is 0 Å². The van der Waals surface area contributed by atoms with Gasteiger partial charge in [-0.2, -0.15) is 0 Å². The zero-order chi connectivity index (χ0) is 16.4. The van der Waals surface area contributed by atoms with Gasteiger partial charge < -0.3 is 15.0 Å².